The Morgan fingerprint density at radius 1 is 1.32 bits per heavy atom. The van der Waals surface area contributed by atoms with E-state index in [1.165, 1.54) is 0 Å². The van der Waals surface area contributed by atoms with Crippen LogP contribution in [0.3, 0.4) is 0 Å². The van der Waals surface area contributed by atoms with Crippen LogP contribution >= 0.6 is 0 Å². The van der Waals surface area contributed by atoms with Gasteiger partial charge in [0.15, 0.2) is 5.96 Å². The van der Waals surface area contributed by atoms with Crippen molar-refractivity contribution < 1.29 is 9.47 Å². The summed E-state index contributed by atoms with van der Waals surface area (Å²) in [7, 11) is 3.42. The van der Waals surface area contributed by atoms with Crippen LogP contribution in [0.15, 0.2) is 29.3 Å². The standard InChI is InChI=1S/C14H23N3O2/c1-4-19-9-8-16-14(15-2)17-11-12-6-5-7-13(10-12)18-3/h5-7,10H,4,8-9,11H2,1-3H3,(H2,15,16,17). The van der Waals surface area contributed by atoms with Gasteiger partial charge in [0.25, 0.3) is 0 Å². The van der Waals surface area contributed by atoms with E-state index >= 15 is 0 Å². The summed E-state index contributed by atoms with van der Waals surface area (Å²) in [6, 6.07) is 7.95. The third-order valence-corrected chi connectivity index (χ3v) is 2.56. The lowest BCUT2D eigenvalue weighted by atomic mass is 10.2. The molecule has 0 aromatic heterocycles. The summed E-state index contributed by atoms with van der Waals surface area (Å²) in [4.78, 5) is 4.15. The number of hydrogen-bond acceptors (Lipinski definition) is 3. The first-order valence-electron chi connectivity index (χ1n) is 6.45. The molecule has 0 bridgehead atoms. The molecule has 106 valence electrons. The number of ether oxygens (including phenoxy) is 2. The summed E-state index contributed by atoms with van der Waals surface area (Å²) in [6.45, 7) is 4.83. The molecule has 0 spiro atoms. The second kappa shape index (κ2) is 9.22. The molecule has 0 atom stereocenters. The van der Waals surface area contributed by atoms with E-state index in [1.807, 2.05) is 31.2 Å². The lowest BCUT2D eigenvalue weighted by molar-refractivity contribution is 0.152. The SMILES string of the molecule is CCOCCNC(=NC)NCc1cccc(OC)c1. The summed E-state index contributed by atoms with van der Waals surface area (Å²) in [5.74, 6) is 1.63. The lowest BCUT2D eigenvalue weighted by Crippen LogP contribution is -2.38. The van der Waals surface area contributed by atoms with Crippen LogP contribution in [-0.2, 0) is 11.3 Å². The van der Waals surface area contributed by atoms with Gasteiger partial charge < -0.3 is 20.1 Å². The van der Waals surface area contributed by atoms with E-state index in [9.17, 15) is 0 Å². The molecule has 1 aromatic rings. The molecule has 2 N–H and O–H groups in total. The molecule has 0 aliphatic heterocycles. The first-order chi connectivity index (χ1) is 9.30. The number of methoxy groups -OCH3 is 1. The number of hydrogen-bond donors (Lipinski definition) is 2. The first kappa shape index (κ1) is 15.3. The summed E-state index contributed by atoms with van der Waals surface area (Å²) >= 11 is 0. The van der Waals surface area contributed by atoms with Gasteiger partial charge in [-0.3, -0.25) is 4.99 Å². The van der Waals surface area contributed by atoms with Crippen molar-refractivity contribution in [3.8, 4) is 5.75 Å². The minimum Gasteiger partial charge on any atom is -0.497 e. The van der Waals surface area contributed by atoms with Crippen LogP contribution < -0.4 is 15.4 Å². The summed E-state index contributed by atoms with van der Waals surface area (Å²) < 4.78 is 10.4. The van der Waals surface area contributed by atoms with Crippen molar-refractivity contribution in [3.05, 3.63) is 29.8 Å². The zero-order valence-corrected chi connectivity index (χ0v) is 11.9. The van der Waals surface area contributed by atoms with Gasteiger partial charge >= 0.3 is 0 Å². The fraction of sp³-hybridized carbons (Fsp3) is 0.500. The third-order valence-electron chi connectivity index (χ3n) is 2.56. The Bertz CT molecular complexity index is 394. The van der Waals surface area contributed by atoms with E-state index in [1.54, 1.807) is 14.2 Å². The number of aliphatic imine (C=N–C) groups is 1. The molecule has 0 unspecified atom stereocenters. The van der Waals surface area contributed by atoms with E-state index in [4.69, 9.17) is 9.47 Å². The Morgan fingerprint density at radius 2 is 2.16 bits per heavy atom. The number of nitrogens with one attached hydrogen (secondary N) is 2. The van der Waals surface area contributed by atoms with Crippen LogP contribution in [0.25, 0.3) is 0 Å². The largest absolute Gasteiger partial charge is 0.497 e. The monoisotopic (exact) mass is 265 g/mol. The van der Waals surface area contributed by atoms with E-state index < -0.39 is 0 Å². The highest BCUT2D eigenvalue weighted by molar-refractivity contribution is 5.79. The van der Waals surface area contributed by atoms with Gasteiger partial charge in [-0.25, -0.2) is 0 Å². The summed E-state index contributed by atoms with van der Waals surface area (Å²) in [5.41, 5.74) is 1.15. The molecule has 1 rings (SSSR count). The van der Waals surface area contributed by atoms with Gasteiger partial charge in [0, 0.05) is 26.7 Å². The van der Waals surface area contributed by atoms with Crippen molar-refractivity contribution in [1.82, 2.24) is 10.6 Å². The lowest BCUT2D eigenvalue weighted by Gasteiger charge is -2.12. The highest BCUT2D eigenvalue weighted by Gasteiger charge is 1.99. The smallest absolute Gasteiger partial charge is 0.191 e. The number of rotatable bonds is 7. The first-order valence-corrected chi connectivity index (χ1v) is 6.45. The van der Waals surface area contributed by atoms with Crippen molar-refractivity contribution in [2.45, 2.75) is 13.5 Å². The van der Waals surface area contributed by atoms with Crippen LogP contribution in [0.4, 0.5) is 0 Å². The van der Waals surface area contributed by atoms with Crippen LogP contribution in [0, 0.1) is 0 Å². The van der Waals surface area contributed by atoms with Gasteiger partial charge in [0.1, 0.15) is 5.75 Å². The maximum atomic E-state index is 5.26. The molecule has 5 heteroatoms. The normalized spacial score (nSPS) is 11.2. The van der Waals surface area contributed by atoms with Crippen molar-refractivity contribution in [3.63, 3.8) is 0 Å². The van der Waals surface area contributed by atoms with Gasteiger partial charge in [-0.15, -0.1) is 0 Å². The van der Waals surface area contributed by atoms with Gasteiger partial charge in [-0.05, 0) is 24.6 Å². The maximum absolute atomic E-state index is 5.26. The van der Waals surface area contributed by atoms with Gasteiger partial charge in [-0.2, -0.15) is 0 Å². The quantitative estimate of drug-likeness (QED) is 0.444. The van der Waals surface area contributed by atoms with Crippen molar-refractivity contribution >= 4 is 5.96 Å². The predicted octanol–water partition coefficient (Wildman–Crippen LogP) is 1.40. The Kier molecular flexibility index (Phi) is 7.43. The molecule has 0 aliphatic carbocycles. The predicted molar refractivity (Wildman–Crippen MR) is 77.7 cm³/mol. The van der Waals surface area contributed by atoms with Gasteiger partial charge in [0.05, 0.1) is 13.7 Å². The van der Waals surface area contributed by atoms with E-state index in [2.05, 4.69) is 15.6 Å². The van der Waals surface area contributed by atoms with E-state index in [-0.39, 0.29) is 0 Å². The fourth-order valence-electron chi connectivity index (χ4n) is 1.57. The molecule has 0 fully saturated rings. The Morgan fingerprint density at radius 3 is 2.84 bits per heavy atom. The molecular formula is C14H23N3O2. The van der Waals surface area contributed by atoms with Crippen molar-refractivity contribution in [2.75, 3.05) is 33.9 Å². The van der Waals surface area contributed by atoms with Crippen LogP contribution in [0.1, 0.15) is 12.5 Å². The molecule has 0 aliphatic rings. The summed E-state index contributed by atoms with van der Waals surface area (Å²) in [6.07, 6.45) is 0. The Labute approximate surface area is 115 Å². The van der Waals surface area contributed by atoms with Crippen LogP contribution in [0.2, 0.25) is 0 Å². The topological polar surface area (TPSA) is 54.9 Å². The second-order valence-corrected chi connectivity index (χ2v) is 3.90. The molecular weight excluding hydrogens is 242 g/mol. The second-order valence-electron chi connectivity index (χ2n) is 3.90. The maximum Gasteiger partial charge on any atom is 0.191 e. The zero-order valence-electron chi connectivity index (χ0n) is 11.9. The molecule has 5 nitrogen and oxygen atoms in total. The molecule has 0 saturated carbocycles. The molecule has 0 radical (unpaired) electrons. The Hall–Kier alpha value is -1.75. The minimum absolute atomic E-state index is 0.677. The highest BCUT2D eigenvalue weighted by atomic mass is 16.5. The van der Waals surface area contributed by atoms with Crippen LogP contribution in [0.5, 0.6) is 5.75 Å². The minimum atomic E-state index is 0.677. The molecule has 0 amide bonds. The highest BCUT2D eigenvalue weighted by Crippen LogP contribution is 2.11. The van der Waals surface area contributed by atoms with E-state index in [0.717, 1.165) is 30.4 Å². The molecule has 0 saturated heterocycles. The number of nitrogens with zero attached hydrogens (tertiary/aromatic N) is 1. The number of guanidine groups is 1. The third kappa shape index (κ3) is 6.10. The summed E-state index contributed by atoms with van der Waals surface area (Å²) in [5, 5.41) is 6.43. The number of benzene rings is 1. The average molecular weight is 265 g/mol. The average Bonchev–Trinajstić information content (AvgIpc) is 2.47. The molecule has 1 aromatic carbocycles. The van der Waals surface area contributed by atoms with Gasteiger partial charge in [0.2, 0.25) is 0 Å². The molecule has 0 heterocycles. The van der Waals surface area contributed by atoms with E-state index in [0.29, 0.717) is 13.2 Å². The Balaban J connectivity index is 2.36. The molecule has 19 heavy (non-hydrogen) atoms. The van der Waals surface area contributed by atoms with Crippen molar-refractivity contribution in [2.24, 2.45) is 4.99 Å². The zero-order chi connectivity index (χ0) is 13.9. The van der Waals surface area contributed by atoms with Crippen LogP contribution in [-0.4, -0.2) is 39.9 Å². The van der Waals surface area contributed by atoms with Crippen molar-refractivity contribution in [1.29, 1.82) is 0 Å². The van der Waals surface area contributed by atoms with Gasteiger partial charge in [-0.1, -0.05) is 12.1 Å². The fourth-order valence-corrected chi connectivity index (χ4v) is 1.57.